The highest BCUT2D eigenvalue weighted by molar-refractivity contribution is 5.73. The minimum Gasteiger partial charge on any atom is -0.466 e. The van der Waals surface area contributed by atoms with Crippen molar-refractivity contribution in [3.05, 3.63) is 34.8 Å². The van der Waals surface area contributed by atoms with Crippen LogP contribution in [0.2, 0.25) is 0 Å². The number of aryl methyl sites for hydroxylation is 1. The van der Waals surface area contributed by atoms with Crippen LogP contribution in [-0.2, 0) is 29.4 Å². The SMILES string of the molecule is CCOC(=O)C1CCN(CCC2C(C)=CC(c3n[nH]c(-c4nn(C)c5c4CCC(C)(C)C5)n3)=CC2C)CC1. The van der Waals surface area contributed by atoms with Gasteiger partial charge in [-0.1, -0.05) is 38.5 Å². The minimum atomic E-state index is -0.0218. The van der Waals surface area contributed by atoms with Crippen molar-refractivity contribution in [2.45, 2.75) is 73.1 Å². The van der Waals surface area contributed by atoms with Crippen LogP contribution in [0.1, 0.15) is 77.4 Å². The van der Waals surface area contributed by atoms with E-state index in [-0.39, 0.29) is 11.9 Å². The molecule has 2 aromatic rings. The topological polar surface area (TPSA) is 88.9 Å². The van der Waals surface area contributed by atoms with Crippen LogP contribution >= 0.6 is 0 Å². The fourth-order valence-corrected chi connectivity index (χ4v) is 6.60. The molecule has 1 saturated heterocycles. The molecule has 0 bridgehead atoms. The van der Waals surface area contributed by atoms with Gasteiger partial charge in [0, 0.05) is 23.9 Å². The first-order valence-electron chi connectivity index (χ1n) is 14.4. The van der Waals surface area contributed by atoms with Gasteiger partial charge in [-0.15, -0.1) is 0 Å². The van der Waals surface area contributed by atoms with Gasteiger partial charge in [0.2, 0.25) is 0 Å². The molecule has 206 valence electrons. The Morgan fingerprint density at radius 3 is 2.74 bits per heavy atom. The first-order valence-corrected chi connectivity index (χ1v) is 14.4. The van der Waals surface area contributed by atoms with Gasteiger partial charge < -0.3 is 9.64 Å². The first kappa shape index (κ1) is 26.9. The van der Waals surface area contributed by atoms with E-state index in [2.05, 4.69) is 54.9 Å². The summed E-state index contributed by atoms with van der Waals surface area (Å²) in [6.07, 6.45) is 10.8. The Morgan fingerprint density at radius 1 is 1.26 bits per heavy atom. The average molecular weight is 521 g/mol. The van der Waals surface area contributed by atoms with Gasteiger partial charge in [-0.05, 0) is 89.3 Å². The quantitative estimate of drug-likeness (QED) is 0.518. The number of esters is 1. The molecule has 3 heterocycles. The number of hydrogen-bond acceptors (Lipinski definition) is 6. The molecule has 38 heavy (non-hydrogen) atoms. The van der Waals surface area contributed by atoms with E-state index in [0.717, 1.165) is 81.1 Å². The average Bonchev–Trinajstić information content (AvgIpc) is 3.48. The number of carbonyl (C=O) groups is 1. The lowest BCUT2D eigenvalue weighted by Gasteiger charge is -2.33. The summed E-state index contributed by atoms with van der Waals surface area (Å²) in [4.78, 5) is 19.5. The summed E-state index contributed by atoms with van der Waals surface area (Å²) in [7, 11) is 2.04. The summed E-state index contributed by atoms with van der Waals surface area (Å²) in [5.41, 5.74) is 6.38. The number of nitrogens with zero attached hydrogens (tertiary/aromatic N) is 5. The van der Waals surface area contributed by atoms with Crippen LogP contribution in [0, 0.1) is 23.2 Å². The lowest BCUT2D eigenvalue weighted by atomic mass is 9.76. The van der Waals surface area contributed by atoms with E-state index in [1.807, 2.05) is 18.7 Å². The van der Waals surface area contributed by atoms with E-state index in [0.29, 0.717) is 23.9 Å². The maximum absolute atomic E-state index is 12.0. The molecular formula is C30H44N6O2. The van der Waals surface area contributed by atoms with Gasteiger partial charge in [0.15, 0.2) is 11.6 Å². The number of allylic oxidation sites excluding steroid dienone is 4. The van der Waals surface area contributed by atoms with Crippen LogP contribution < -0.4 is 0 Å². The predicted molar refractivity (Wildman–Crippen MR) is 149 cm³/mol. The monoisotopic (exact) mass is 520 g/mol. The van der Waals surface area contributed by atoms with E-state index in [1.54, 1.807) is 0 Å². The highest BCUT2D eigenvalue weighted by Crippen LogP contribution is 2.39. The highest BCUT2D eigenvalue weighted by Gasteiger charge is 2.32. The third-order valence-corrected chi connectivity index (χ3v) is 8.95. The van der Waals surface area contributed by atoms with E-state index >= 15 is 0 Å². The Labute approximate surface area is 226 Å². The molecule has 1 N–H and O–H groups in total. The molecule has 1 fully saturated rings. The van der Waals surface area contributed by atoms with E-state index in [1.165, 1.54) is 16.8 Å². The Morgan fingerprint density at radius 2 is 2.03 bits per heavy atom. The van der Waals surface area contributed by atoms with Gasteiger partial charge >= 0.3 is 5.97 Å². The number of ether oxygens (including phenoxy) is 1. The van der Waals surface area contributed by atoms with Crippen molar-refractivity contribution in [1.82, 2.24) is 29.9 Å². The van der Waals surface area contributed by atoms with Crippen molar-refractivity contribution in [3.63, 3.8) is 0 Å². The Hall–Kier alpha value is -2.74. The largest absolute Gasteiger partial charge is 0.466 e. The van der Waals surface area contributed by atoms with Crippen LogP contribution in [0.25, 0.3) is 17.1 Å². The number of hydrogen-bond donors (Lipinski definition) is 1. The van der Waals surface area contributed by atoms with E-state index in [4.69, 9.17) is 14.8 Å². The summed E-state index contributed by atoms with van der Waals surface area (Å²) >= 11 is 0. The van der Waals surface area contributed by atoms with E-state index < -0.39 is 0 Å². The molecule has 2 atom stereocenters. The zero-order valence-electron chi connectivity index (χ0n) is 24.0. The molecule has 3 aliphatic rings. The van der Waals surface area contributed by atoms with Crippen molar-refractivity contribution in [2.75, 3.05) is 26.2 Å². The van der Waals surface area contributed by atoms with Crippen LogP contribution in [0.5, 0.6) is 0 Å². The fraction of sp³-hybridized carbons (Fsp3) is 0.667. The van der Waals surface area contributed by atoms with Gasteiger partial charge in [-0.2, -0.15) is 10.2 Å². The molecule has 0 amide bonds. The molecule has 8 nitrogen and oxygen atoms in total. The second-order valence-electron chi connectivity index (χ2n) is 12.4. The molecule has 2 unspecified atom stereocenters. The zero-order chi connectivity index (χ0) is 27.0. The number of H-pyrrole nitrogens is 1. The third kappa shape index (κ3) is 5.51. The summed E-state index contributed by atoms with van der Waals surface area (Å²) in [6.45, 7) is 14.6. The maximum atomic E-state index is 12.0. The van der Waals surface area contributed by atoms with Crippen LogP contribution in [-0.4, -0.2) is 62.1 Å². The second-order valence-corrected chi connectivity index (χ2v) is 12.4. The smallest absolute Gasteiger partial charge is 0.309 e. The minimum absolute atomic E-state index is 0.0218. The third-order valence-electron chi connectivity index (χ3n) is 8.95. The second kappa shape index (κ2) is 10.8. The van der Waals surface area contributed by atoms with Crippen molar-refractivity contribution in [1.29, 1.82) is 0 Å². The molecule has 5 rings (SSSR count). The number of aromatic amines is 1. The van der Waals surface area contributed by atoms with Crippen LogP contribution in [0.4, 0.5) is 0 Å². The van der Waals surface area contributed by atoms with Crippen LogP contribution in [0.3, 0.4) is 0 Å². The highest BCUT2D eigenvalue weighted by atomic mass is 16.5. The molecule has 0 saturated carbocycles. The lowest BCUT2D eigenvalue weighted by molar-refractivity contribution is -0.149. The molecular weight excluding hydrogens is 476 g/mol. The number of carbonyl (C=O) groups excluding carboxylic acids is 1. The standard InChI is InChI=1S/C30H44N6O2/c1-7-38-29(37)21-9-13-36(14-10-21)15-11-23-19(2)16-22(17-20(23)3)27-31-28(33-32-27)26-24-8-12-30(4,5)18-25(24)35(6)34-26/h16-17,19,21,23H,7-15,18H2,1-6H3,(H,31,32,33). The van der Waals surface area contributed by atoms with Crippen molar-refractivity contribution < 1.29 is 9.53 Å². The molecule has 2 aliphatic carbocycles. The number of aromatic nitrogens is 5. The number of piperidine rings is 1. The Bertz CT molecular complexity index is 1230. The summed E-state index contributed by atoms with van der Waals surface area (Å²) < 4.78 is 7.25. The molecule has 0 radical (unpaired) electrons. The number of likely N-dealkylation sites (tertiary alicyclic amines) is 1. The van der Waals surface area contributed by atoms with Gasteiger partial charge in [-0.3, -0.25) is 14.6 Å². The van der Waals surface area contributed by atoms with Crippen molar-refractivity contribution in [3.8, 4) is 11.5 Å². The lowest BCUT2D eigenvalue weighted by Crippen LogP contribution is -2.38. The number of rotatable bonds is 7. The normalized spacial score (nSPS) is 24.1. The molecule has 0 aromatic carbocycles. The Kier molecular flexibility index (Phi) is 7.63. The summed E-state index contributed by atoms with van der Waals surface area (Å²) in [5, 5.41) is 12.6. The predicted octanol–water partition coefficient (Wildman–Crippen LogP) is 4.98. The van der Waals surface area contributed by atoms with Crippen molar-refractivity contribution in [2.24, 2.45) is 30.2 Å². The maximum Gasteiger partial charge on any atom is 0.309 e. The Balaban J connectivity index is 1.21. The molecule has 2 aromatic heterocycles. The van der Waals surface area contributed by atoms with Gasteiger partial charge in [0.05, 0.1) is 12.5 Å². The van der Waals surface area contributed by atoms with Gasteiger partial charge in [-0.25, -0.2) is 4.98 Å². The molecule has 1 aliphatic heterocycles. The fourth-order valence-electron chi connectivity index (χ4n) is 6.60. The zero-order valence-corrected chi connectivity index (χ0v) is 24.0. The van der Waals surface area contributed by atoms with Gasteiger partial charge in [0.1, 0.15) is 5.69 Å². The van der Waals surface area contributed by atoms with Crippen LogP contribution in [0.15, 0.2) is 17.7 Å². The number of fused-ring (bicyclic) bond motifs is 1. The number of nitrogens with one attached hydrogen (secondary N) is 1. The van der Waals surface area contributed by atoms with E-state index in [9.17, 15) is 4.79 Å². The molecule has 8 heteroatoms. The summed E-state index contributed by atoms with van der Waals surface area (Å²) in [5.74, 6) is 2.49. The molecule has 0 spiro atoms. The van der Waals surface area contributed by atoms with Gasteiger partial charge in [0.25, 0.3) is 0 Å². The van der Waals surface area contributed by atoms with Crippen molar-refractivity contribution >= 4 is 11.5 Å². The first-order chi connectivity index (χ1) is 18.1. The summed E-state index contributed by atoms with van der Waals surface area (Å²) in [6, 6.07) is 0.